The maximum absolute atomic E-state index is 11.7. The fraction of sp³-hybridized carbons (Fsp3) is 0.404. The summed E-state index contributed by atoms with van der Waals surface area (Å²) in [7, 11) is 0. The van der Waals surface area contributed by atoms with Crippen LogP contribution in [0.3, 0.4) is 0 Å². The number of para-hydroxylation sites is 1. The van der Waals surface area contributed by atoms with Crippen molar-refractivity contribution in [1.29, 1.82) is 0 Å². The van der Waals surface area contributed by atoms with E-state index in [4.69, 9.17) is 4.98 Å². The van der Waals surface area contributed by atoms with Gasteiger partial charge in [-0.25, -0.2) is 0 Å². The molecule has 273 valence electrons. The topological polar surface area (TPSA) is 54.6 Å². The molecule has 0 bridgehead atoms. The number of aliphatic hydroxyl groups excluding tert-OH is 1. The van der Waals surface area contributed by atoms with E-state index in [0.29, 0.717) is 11.3 Å². The number of rotatable bonds is 8. The number of carbonyl (C=O) groups excluding carboxylic acids is 1. The van der Waals surface area contributed by atoms with Crippen molar-refractivity contribution in [2.75, 3.05) is 0 Å². The number of carbonyl (C=O) groups is 1. The Morgan fingerprint density at radius 2 is 1.54 bits per heavy atom. The normalized spacial score (nSPS) is 15.4. The van der Waals surface area contributed by atoms with Gasteiger partial charge in [0, 0.05) is 71.5 Å². The van der Waals surface area contributed by atoms with E-state index in [9.17, 15) is 9.90 Å². The van der Waals surface area contributed by atoms with Gasteiger partial charge < -0.3 is 9.51 Å². The summed E-state index contributed by atoms with van der Waals surface area (Å²) in [5.74, 6) is 1.15. The van der Waals surface area contributed by atoms with Crippen LogP contribution in [-0.2, 0) is 24.9 Å². The van der Waals surface area contributed by atoms with Gasteiger partial charge in [0.15, 0.2) is 5.78 Å². The first kappa shape index (κ1) is 37.9. The van der Waals surface area contributed by atoms with E-state index < -0.39 is 0 Å². The van der Waals surface area contributed by atoms with Crippen molar-refractivity contribution in [3.05, 3.63) is 95.9 Å². The summed E-state index contributed by atoms with van der Waals surface area (Å²) < 4.78 is 2.55. The predicted octanol–water partition coefficient (Wildman–Crippen LogP) is 13.2. The Morgan fingerprint density at radius 3 is 2.21 bits per heavy atom. The smallest absolute Gasteiger partial charge is 0.162 e. The number of pyridine rings is 2. The number of aryl methyl sites for hydroxylation is 1. The summed E-state index contributed by atoms with van der Waals surface area (Å²) in [6.45, 7) is 15.2. The van der Waals surface area contributed by atoms with Crippen LogP contribution in [-0.4, -0.2) is 20.3 Å². The monoisotopic (exact) mass is 870 g/mol. The van der Waals surface area contributed by atoms with Gasteiger partial charge in [-0.1, -0.05) is 107 Å². The largest absolute Gasteiger partial charge is 0.512 e. The number of hydrogen-bond acceptors (Lipinski definition) is 3. The minimum Gasteiger partial charge on any atom is -0.512 e. The Balaban J connectivity index is 0.000000250. The molecule has 0 spiro atoms. The molecule has 0 saturated heterocycles. The molecule has 8 rings (SSSR count). The minimum absolute atomic E-state index is 0. The first-order valence-electron chi connectivity index (χ1n) is 19.4. The van der Waals surface area contributed by atoms with Crippen molar-refractivity contribution in [3.8, 4) is 0 Å². The zero-order chi connectivity index (χ0) is 36.0. The molecule has 1 aliphatic rings. The van der Waals surface area contributed by atoms with Crippen LogP contribution in [0, 0.1) is 30.2 Å². The second-order valence-electron chi connectivity index (χ2n) is 15.8. The van der Waals surface area contributed by atoms with Gasteiger partial charge in [-0.05, 0) is 96.7 Å². The number of aromatic nitrogens is 2. The van der Waals surface area contributed by atoms with E-state index in [1.807, 2.05) is 33.9 Å². The Kier molecular flexibility index (Phi) is 11.2. The SMILES string of the molecule is CCC(CC)C(=O)/C=C(\O)C(CC)CC.Cc1c2ccccc2[c-]c2c3nccc4cc(C5CCC(C)(C)CC5)c5c6ccccc6n(c12)c5c43.[Ir]. The maximum atomic E-state index is 11.7. The maximum Gasteiger partial charge on any atom is 0.162 e. The van der Waals surface area contributed by atoms with Crippen molar-refractivity contribution in [2.24, 2.45) is 17.3 Å². The molecule has 0 aliphatic heterocycles. The zero-order valence-electron chi connectivity index (χ0n) is 31.9. The van der Waals surface area contributed by atoms with E-state index in [-0.39, 0.29) is 43.5 Å². The summed E-state index contributed by atoms with van der Waals surface area (Å²) in [5.41, 5.74) is 8.25. The van der Waals surface area contributed by atoms with E-state index in [0.717, 1.165) is 42.0 Å². The fourth-order valence-corrected chi connectivity index (χ4v) is 8.97. The zero-order valence-corrected chi connectivity index (χ0v) is 34.3. The van der Waals surface area contributed by atoms with E-state index >= 15 is 0 Å². The molecule has 1 radical (unpaired) electrons. The van der Waals surface area contributed by atoms with Gasteiger partial charge in [-0.15, -0.1) is 17.5 Å². The molecule has 3 aromatic heterocycles. The third kappa shape index (κ3) is 6.54. The van der Waals surface area contributed by atoms with Gasteiger partial charge in [0.2, 0.25) is 0 Å². The van der Waals surface area contributed by atoms with Crippen LogP contribution in [0.5, 0.6) is 0 Å². The first-order valence-corrected chi connectivity index (χ1v) is 19.4. The fourth-order valence-electron chi connectivity index (χ4n) is 8.97. The van der Waals surface area contributed by atoms with Gasteiger partial charge in [-0.3, -0.25) is 9.78 Å². The molecule has 0 unspecified atom stereocenters. The van der Waals surface area contributed by atoms with Gasteiger partial charge in [0.1, 0.15) is 0 Å². The molecule has 5 heteroatoms. The Hall–Kier alpha value is -3.79. The van der Waals surface area contributed by atoms with Gasteiger partial charge in [-0.2, -0.15) is 0 Å². The summed E-state index contributed by atoms with van der Waals surface area (Å²) >= 11 is 0. The summed E-state index contributed by atoms with van der Waals surface area (Å²) in [4.78, 5) is 16.7. The number of hydrogen-bond donors (Lipinski definition) is 1. The van der Waals surface area contributed by atoms with E-state index in [1.165, 1.54) is 86.4 Å². The van der Waals surface area contributed by atoms with Crippen LogP contribution in [0.25, 0.3) is 59.8 Å². The van der Waals surface area contributed by atoms with Gasteiger partial charge >= 0.3 is 0 Å². The van der Waals surface area contributed by atoms with Crippen LogP contribution in [0.4, 0.5) is 0 Å². The molecule has 0 atom stereocenters. The van der Waals surface area contributed by atoms with Crippen molar-refractivity contribution >= 4 is 65.6 Å². The summed E-state index contributed by atoms with van der Waals surface area (Å²) in [6, 6.07) is 26.2. The van der Waals surface area contributed by atoms with Crippen molar-refractivity contribution in [1.82, 2.24) is 9.38 Å². The molecule has 1 fully saturated rings. The molecule has 7 aromatic rings. The number of ketones is 1. The van der Waals surface area contributed by atoms with Gasteiger partial charge in [0.25, 0.3) is 0 Å². The van der Waals surface area contributed by atoms with Crippen molar-refractivity contribution in [2.45, 2.75) is 106 Å². The van der Waals surface area contributed by atoms with Gasteiger partial charge in [0.05, 0.1) is 5.76 Å². The van der Waals surface area contributed by atoms with E-state index in [2.05, 4.69) is 91.9 Å². The van der Waals surface area contributed by atoms with E-state index in [1.54, 1.807) is 0 Å². The summed E-state index contributed by atoms with van der Waals surface area (Å²) in [6.07, 6.45) is 12.0. The van der Waals surface area contributed by atoms with Crippen LogP contribution >= 0.6 is 0 Å². The molecule has 52 heavy (non-hydrogen) atoms. The number of allylic oxidation sites excluding steroid dienone is 2. The van der Waals surface area contributed by atoms with Crippen LogP contribution < -0.4 is 0 Å². The summed E-state index contributed by atoms with van der Waals surface area (Å²) in [5, 5.41) is 18.7. The average molecular weight is 870 g/mol. The standard InChI is InChI=1S/C34H29N2.C13H24O2.Ir/c1-20-24-9-5-4-8-22(24)18-27-31-29-23(14-17-35-31)19-26(21-12-15-34(2,3)16-13-21)30-25-10-6-7-11-28(25)36(32(20)27)33(29)30;1-5-10(6-2)12(14)9-13(15)11(7-3)8-4;/h4-11,14,17,19,21H,12-13,15-16H2,1-3H3;9-11,14H,5-8H2,1-4H3;/q-1;;/b;12-9-;. The molecule has 4 nitrogen and oxygen atoms in total. The van der Waals surface area contributed by atoms with Crippen molar-refractivity contribution < 1.29 is 30.0 Å². The van der Waals surface area contributed by atoms with Crippen LogP contribution in [0.1, 0.15) is 110 Å². The third-order valence-corrected chi connectivity index (χ3v) is 12.2. The molecule has 3 heterocycles. The van der Waals surface area contributed by atoms with Crippen LogP contribution in [0.2, 0.25) is 0 Å². The quantitative estimate of drug-likeness (QED) is 0.0544. The molecule has 4 aromatic carbocycles. The molecule has 1 saturated carbocycles. The number of aliphatic hydroxyl groups is 1. The number of fused-ring (bicyclic) bond motifs is 7. The second kappa shape index (κ2) is 15.3. The predicted molar refractivity (Wildman–Crippen MR) is 216 cm³/mol. The van der Waals surface area contributed by atoms with Crippen LogP contribution in [0.15, 0.2) is 78.7 Å². The molecule has 1 N–H and O–H groups in total. The Bertz CT molecular complexity index is 2400. The number of benzene rings is 4. The number of nitrogens with zero attached hydrogens (tertiary/aromatic N) is 2. The molecule has 0 amide bonds. The average Bonchev–Trinajstić information content (AvgIpc) is 3.48. The molecule has 1 aliphatic carbocycles. The minimum atomic E-state index is 0. The molecular formula is C47H53IrN2O2-. The Morgan fingerprint density at radius 1 is 0.904 bits per heavy atom. The Labute approximate surface area is 322 Å². The van der Waals surface area contributed by atoms with Crippen molar-refractivity contribution in [3.63, 3.8) is 0 Å². The molecular weight excluding hydrogens is 817 g/mol. The second-order valence-corrected chi connectivity index (χ2v) is 15.8. The first-order chi connectivity index (χ1) is 24.6. The third-order valence-electron chi connectivity index (χ3n) is 12.2.